The highest BCUT2D eigenvalue weighted by Crippen LogP contribution is 2.30. The first-order valence-corrected chi connectivity index (χ1v) is 9.14. The molecule has 1 saturated carbocycles. The van der Waals surface area contributed by atoms with Crippen molar-refractivity contribution < 1.29 is 19.1 Å². The van der Waals surface area contributed by atoms with Crippen LogP contribution in [-0.2, 0) is 11.3 Å². The summed E-state index contributed by atoms with van der Waals surface area (Å²) >= 11 is 0. The minimum absolute atomic E-state index is 0.0344. The maximum atomic E-state index is 12.6. The normalized spacial score (nSPS) is 12.8. The Morgan fingerprint density at radius 2 is 1.75 bits per heavy atom. The second-order valence-electron chi connectivity index (χ2n) is 6.81. The third kappa shape index (κ3) is 4.94. The lowest BCUT2D eigenvalue weighted by atomic mass is 10.2. The van der Waals surface area contributed by atoms with E-state index in [2.05, 4.69) is 10.6 Å². The summed E-state index contributed by atoms with van der Waals surface area (Å²) in [5, 5.41) is 5.73. The molecule has 0 unspecified atom stereocenters. The Morgan fingerprint density at radius 3 is 2.39 bits per heavy atom. The van der Waals surface area contributed by atoms with Gasteiger partial charge in [-0.1, -0.05) is 6.07 Å². The highest BCUT2D eigenvalue weighted by molar-refractivity contribution is 5.95. The largest absolute Gasteiger partial charge is 0.497 e. The summed E-state index contributed by atoms with van der Waals surface area (Å²) in [4.78, 5) is 26.0. The highest BCUT2D eigenvalue weighted by Gasteiger charge is 2.29. The van der Waals surface area contributed by atoms with Crippen LogP contribution in [0.2, 0.25) is 0 Å². The van der Waals surface area contributed by atoms with E-state index in [0.717, 1.165) is 18.4 Å². The molecule has 0 atom stereocenters. The van der Waals surface area contributed by atoms with Gasteiger partial charge >= 0.3 is 6.03 Å². The molecule has 0 bridgehead atoms. The second kappa shape index (κ2) is 8.65. The van der Waals surface area contributed by atoms with Crippen LogP contribution in [0.5, 0.6) is 11.5 Å². The van der Waals surface area contributed by atoms with Gasteiger partial charge in [0.25, 0.3) is 0 Å². The lowest BCUT2D eigenvalue weighted by Crippen LogP contribution is -2.31. The molecule has 7 nitrogen and oxygen atoms in total. The maximum absolute atomic E-state index is 12.6. The molecular weight excluding hydrogens is 358 g/mol. The van der Waals surface area contributed by atoms with Gasteiger partial charge in [0.2, 0.25) is 5.91 Å². The van der Waals surface area contributed by atoms with Gasteiger partial charge in [-0.15, -0.1) is 0 Å². The summed E-state index contributed by atoms with van der Waals surface area (Å²) in [6.45, 7) is 0.372. The van der Waals surface area contributed by atoms with Gasteiger partial charge < -0.3 is 25.0 Å². The average Bonchev–Trinajstić information content (AvgIpc) is 3.54. The van der Waals surface area contributed by atoms with Crippen molar-refractivity contribution in [2.45, 2.75) is 19.4 Å². The van der Waals surface area contributed by atoms with E-state index in [0.29, 0.717) is 29.4 Å². The third-order valence-electron chi connectivity index (χ3n) is 4.58. The van der Waals surface area contributed by atoms with Gasteiger partial charge in [0.1, 0.15) is 11.5 Å². The lowest BCUT2D eigenvalue weighted by molar-refractivity contribution is -0.117. The first kappa shape index (κ1) is 19.5. The van der Waals surface area contributed by atoms with Crippen LogP contribution in [0.1, 0.15) is 18.4 Å². The number of carbonyl (C=O) groups excluding carboxylic acids is 2. The Kier molecular flexibility index (Phi) is 6.03. The van der Waals surface area contributed by atoms with Gasteiger partial charge in [-0.2, -0.15) is 0 Å². The van der Waals surface area contributed by atoms with Crippen molar-refractivity contribution in [3.63, 3.8) is 0 Å². The molecule has 0 aromatic heterocycles. The van der Waals surface area contributed by atoms with Gasteiger partial charge in [-0.25, -0.2) is 4.79 Å². The predicted molar refractivity (Wildman–Crippen MR) is 108 cm³/mol. The molecule has 0 radical (unpaired) electrons. The molecule has 28 heavy (non-hydrogen) atoms. The molecule has 2 aromatic carbocycles. The zero-order chi connectivity index (χ0) is 20.1. The third-order valence-corrected chi connectivity index (χ3v) is 4.58. The molecular formula is C21H25N3O4. The minimum Gasteiger partial charge on any atom is -0.497 e. The highest BCUT2D eigenvalue weighted by atomic mass is 16.5. The number of nitrogens with one attached hydrogen (secondary N) is 2. The minimum atomic E-state index is -0.261. The maximum Gasteiger partial charge on any atom is 0.321 e. The molecule has 148 valence electrons. The Hall–Kier alpha value is -3.22. The fourth-order valence-electron chi connectivity index (χ4n) is 2.79. The molecule has 0 aliphatic heterocycles. The summed E-state index contributed by atoms with van der Waals surface area (Å²) in [6, 6.07) is 12.4. The fraction of sp³-hybridized carbons (Fsp3) is 0.333. The number of urea groups is 1. The van der Waals surface area contributed by atoms with Gasteiger partial charge in [-0.3, -0.25) is 4.79 Å². The summed E-state index contributed by atoms with van der Waals surface area (Å²) < 4.78 is 10.6. The van der Waals surface area contributed by atoms with Crippen LogP contribution in [0.3, 0.4) is 0 Å². The van der Waals surface area contributed by atoms with E-state index in [1.807, 2.05) is 18.2 Å². The molecule has 2 aromatic rings. The Bertz CT molecular complexity index is 864. The van der Waals surface area contributed by atoms with Crippen LogP contribution in [0, 0.1) is 5.92 Å². The first-order valence-electron chi connectivity index (χ1n) is 9.14. The van der Waals surface area contributed by atoms with Crippen molar-refractivity contribution in [3.8, 4) is 11.5 Å². The van der Waals surface area contributed by atoms with Crippen molar-refractivity contribution in [1.29, 1.82) is 0 Å². The van der Waals surface area contributed by atoms with Gasteiger partial charge in [0, 0.05) is 36.0 Å². The summed E-state index contributed by atoms with van der Waals surface area (Å²) in [7, 11) is 4.88. The number of hydrogen-bond acceptors (Lipinski definition) is 4. The smallest absolute Gasteiger partial charge is 0.321 e. The quantitative estimate of drug-likeness (QED) is 0.764. The Labute approximate surface area is 164 Å². The molecule has 0 heterocycles. The number of benzene rings is 2. The molecule has 1 aliphatic rings. The van der Waals surface area contributed by atoms with Gasteiger partial charge in [-0.05, 0) is 43.2 Å². The Balaban J connectivity index is 1.62. The predicted octanol–water partition coefficient (Wildman–Crippen LogP) is 3.72. The molecule has 3 rings (SSSR count). The number of hydrogen-bond donors (Lipinski definition) is 2. The van der Waals surface area contributed by atoms with Gasteiger partial charge in [0.15, 0.2) is 0 Å². The number of carbonyl (C=O) groups is 2. The van der Waals surface area contributed by atoms with Crippen LogP contribution in [0.4, 0.5) is 16.2 Å². The van der Waals surface area contributed by atoms with Crippen molar-refractivity contribution in [2.75, 3.05) is 31.9 Å². The molecule has 1 aliphatic carbocycles. The second-order valence-corrected chi connectivity index (χ2v) is 6.81. The SMILES string of the molecule is COc1ccc(CN(C)C(=O)Nc2cccc(NC(=O)C3CC3)c2)c(OC)c1. The standard InChI is InChI=1S/C21H25N3O4/c1-24(13-15-9-10-18(27-2)12-19(15)28-3)21(26)23-17-6-4-5-16(11-17)22-20(25)14-7-8-14/h4-6,9-12,14H,7-8,13H2,1-3H3,(H,22,25)(H,23,26). The van der Waals surface area contributed by atoms with E-state index in [1.54, 1.807) is 50.4 Å². The number of nitrogens with zero attached hydrogens (tertiary/aromatic N) is 1. The van der Waals surface area contributed by atoms with Gasteiger partial charge in [0.05, 0.1) is 20.8 Å². The van der Waals surface area contributed by atoms with Crippen molar-refractivity contribution in [3.05, 3.63) is 48.0 Å². The first-order chi connectivity index (χ1) is 13.5. The van der Waals surface area contributed by atoms with E-state index in [9.17, 15) is 9.59 Å². The lowest BCUT2D eigenvalue weighted by Gasteiger charge is -2.20. The topological polar surface area (TPSA) is 79.9 Å². The van der Waals surface area contributed by atoms with E-state index in [4.69, 9.17) is 9.47 Å². The van der Waals surface area contributed by atoms with Crippen molar-refractivity contribution in [1.82, 2.24) is 4.90 Å². The summed E-state index contributed by atoms with van der Waals surface area (Å²) in [5.74, 6) is 1.51. The molecule has 2 N–H and O–H groups in total. The number of rotatable bonds is 7. The average molecular weight is 383 g/mol. The molecule has 1 fully saturated rings. The van der Waals surface area contributed by atoms with E-state index in [1.165, 1.54) is 0 Å². The molecule has 0 saturated heterocycles. The number of ether oxygens (including phenoxy) is 2. The number of amides is 3. The van der Waals surface area contributed by atoms with E-state index < -0.39 is 0 Å². The van der Waals surface area contributed by atoms with Crippen LogP contribution in [-0.4, -0.2) is 38.1 Å². The monoisotopic (exact) mass is 383 g/mol. The molecule has 3 amide bonds. The fourth-order valence-corrected chi connectivity index (χ4v) is 2.79. The van der Waals surface area contributed by atoms with E-state index in [-0.39, 0.29) is 17.9 Å². The zero-order valence-electron chi connectivity index (χ0n) is 16.3. The van der Waals surface area contributed by atoms with E-state index >= 15 is 0 Å². The van der Waals surface area contributed by atoms with Crippen LogP contribution in [0.25, 0.3) is 0 Å². The van der Waals surface area contributed by atoms with Crippen LogP contribution in [0.15, 0.2) is 42.5 Å². The molecule has 0 spiro atoms. The molecule has 7 heteroatoms. The zero-order valence-corrected chi connectivity index (χ0v) is 16.3. The van der Waals surface area contributed by atoms with Crippen LogP contribution >= 0.6 is 0 Å². The Morgan fingerprint density at radius 1 is 1.04 bits per heavy atom. The summed E-state index contributed by atoms with van der Waals surface area (Å²) in [6.07, 6.45) is 1.89. The number of methoxy groups -OCH3 is 2. The number of anilines is 2. The van der Waals surface area contributed by atoms with Crippen molar-refractivity contribution >= 4 is 23.3 Å². The van der Waals surface area contributed by atoms with Crippen molar-refractivity contribution in [2.24, 2.45) is 5.92 Å². The van der Waals surface area contributed by atoms with Crippen LogP contribution < -0.4 is 20.1 Å². The summed E-state index contributed by atoms with van der Waals surface area (Å²) in [5.41, 5.74) is 2.16.